The molecule has 160 valence electrons. The van der Waals surface area contributed by atoms with Crippen LogP contribution >= 0.6 is 0 Å². The highest BCUT2D eigenvalue weighted by molar-refractivity contribution is 5.66. The normalized spacial score (nSPS) is 26.3. The zero-order chi connectivity index (χ0) is 20.0. The predicted octanol–water partition coefficient (Wildman–Crippen LogP) is 6.20. The highest BCUT2D eigenvalue weighted by Crippen LogP contribution is 2.38. The van der Waals surface area contributed by atoms with Crippen molar-refractivity contribution in [3.8, 4) is 0 Å². The number of epoxide rings is 2. The van der Waals surface area contributed by atoms with Crippen LogP contribution in [-0.4, -0.2) is 35.5 Å². The van der Waals surface area contributed by atoms with Crippen LogP contribution in [0.25, 0.3) is 0 Å². The van der Waals surface area contributed by atoms with Gasteiger partial charge in [-0.1, -0.05) is 69.8 Å². The van der Waals surface area contributed by atoms with E-state index in [9.17, 15) is 4.79 Å². The molecule has 2 saturated heterocycles. The Balaban J connectivity index is 1.36. The third kappa shape index (κ3) is 11.0. The first-order chi connectivity index (χ1) is 13.7. The quantitative estimate of drug-likeness (QED) is 0.171. The molecule has 2 aliphatic heterocycles. The van der Waals surface area contributed by atoms with Gasteiger partial charge in [-0.05, 0) is 38.5 Å². The van der Waals surface area contributed by atoms with Crippen molar-refractivity contribution in [1.82, 2.24) is 0 Å². The third-order valence-electron chi connectivity index (χ3n) is 5.67. The zero-order valence-electron chi connectivity index (χ0n) is 17.7. The molecule has 0 aromatic carbocycles. The van der Waals surface area contributed by atoms with Crippen molar-refractivity contribution in [1.29, 1.82) is 0 Å². The van der Waals surface area contributed by atoms with Crippen LogP contribution in [0.2, 0.25) is 0 Å². The maximum absolute atomic E-state index is 10.5. The van der Waals surface area contributed by atoms with Gasteiger partial charge in [-0.3, -0.25) is 4.79 Å². The maximum atomic E-state index is 10.5. The van der Waals surface area contributed by atoms with Crippen LogP contribution in [0.1, 0.15) is 96.8 Å². The van der Waals surface area contributed by atoms with Gasteiger partial charge < -0.3 is 14.6 Å². The van der Waals surface area contributed by atoms with Crippen LogP contribution in [0, 0.1) is 0 Å². The second-order valence-electron chi connectivity index (χ2n) is 8.27. The molecular formula is C24H40O4. The number of hydrogen-bond acceptors (Lipinski definition) is 3. The summed E-state index contributed by atoms with van der Waals surface area (Å²) in [6.45, 7) is 2.27. The fourth-order valence-electron chi connectivity index (χ4n) is 3.76. The maximum Gasteiger partial charge on any atom is 0.303 e. The molecule has 4 atom stereocenters. The van der Waals surface area contributed by atoms with E-state index in [4.69, 9.17) is 14.6 Å². The van der Waals surface area contributed by atoms with Gasteiger partial charge in [0.2, 0.25) is 0 Å². The second-order valence-corrected chi connectivity index (χ2v) is 8.27. The lowest BCUT2D eigenvalue weighted by atomic mass is 10.1. The molecule has 0 amide bonds. The van der Waals surface area contributed by atoms with Gasteiger partial charge in [0.05, 0.1) is 24.4 Å². The van der Waals surface area contributed by atoms with Crippen LogP contribution in [-0.2, 0) is 14.3 Å². The lowest BCUT2D eigenvalue weighted by molar-refractivity contribution is -0.137. The first kappa shape index (κ1) is 23.2. The molecule has 2 fully saturated rings. The number of carboxylic acids is 1. The summed E-state index contributed by atoms with van der Waals surface area (Å²) in [6.07, 6.45) is 26.0. The highest BCUT2D eigenvalue weighted by Gasteiger charge is 2.47. The van der Waals surface area contributed by atoms with Gasteiger partial charge in [0.25, 0.3) is 0 Å². The van der Waals surface area contributed by atoms with Crippen molar-refractivity contribution in [2.45, 2.75) is 121 Å². The molecule has 4 unspecified atom stereocenters. The summed E-state index contributed by atoms with van der Waals surface area (Å²) in [5.74, 6) is -0.720. The molecule has 0 bridgehead atoms. The molecule has 1 N–H and O–H groups in total. The fourth-order valence-corrected chi connectivity index (χ4v) is 3.76. The van der Waals surface area contributed by atoms with E-state index >= 15 is 0 Å². The Morgan fingerprint density at radius 3 is 2.29 bits per heavy atom. The number of ether oxygens (including phenoxy) is 2. The SMILES string of the molecule is CCCCCCCCC/C=C/C/C=C/CC1OC1CC1OC1CCCC(=O)O. The van der Waals surface area contributed by atoms with Crippen LogP contribution in [0.15, 0.2) is 24.3 Å². The molecule has 4 heteroatoms. The Kier molecular flexibility index (Phi) is 11.5. The minimum Gasteiger partial charge on any atom is -0.481 e. The standard InChI is InChI=1S/C24H40O4/c1-2-3-4-5-6-7-8-9-10-11-12-13-14-16-20-22(27-20)19-23-21(28-23)17-15-18-24(25)26/h10-11,13-14,20-23H,2-9,12,15-19H2,1H3,(H,25,26)/b11-10+,14-13+. The van der Waals surface area contributed by atoms with Gasteiger partial charge >= 0.3 is 5.97 Å². The topological polar surface area (TPSA) is 62.4 Å². The largest absolute Gasteiger partial charge is 0.481 e. The number of hydrogen-bond donors (Lipinski definition) is 1. The number of unbranched alkanes of at least 4 members (excludes halogenated alkanes) is 7. The molecule has 0 radical (unpaired) electrons. The van der Waals surface area contributed by atoms with Crippen molar-refractivity contribution in [2.75, 3.05) is 0 Å². The minimum atomic E-state index is -0.720. The monoisotopic (exact) mass is 392 g/mol. The van der Waals surface area contributed by atoms with Gasteiger partial charge in [0.1, 0.15) is 0 Å². The first-order valence-electron chi connectivity index (χ1n) is 11.5. The van der Waals surface area contributed by atoms with E-state index in [-0.39, 0.29) is 12.5 Å². The van der Waals surface area contributed by atoms with Crippen molar-refractivity contribution >= 4 is 5.97 Å². The van der Waals surface area contributed by atoms with E-state index < -0.39 is 5.97 Å². The fraction of sp³-hybridized carbons (Fsp3) is 0.792. The smallest absolute Gasteiger partial charge is 0.303 e. The Labute approximate surface area is 171 Å². The second kappa shape index (κ2) is 13.9. The van der Waals surface area contributed by atoms with Crippen LogP contribution in [0.5, 0.6) is 0 Å². The first-order valence-corrected chi connectivity index (χ1v) is 11.5. The van der Waals surface area contributed by atoms with E-state index in [1.54, 1.807) is 0 Å². The molecular weight excluding hydrogens is 352 g/mol. The number of rotatable bonds is 18. The lowest BCUT2D eigenvalue weighted by Gasteiger charge is -1.98. The van der Waals surface area contributed by atoms with E-state index in [0.29, 0.717) is 24.7 Å². The van der Waals surface area contributed by atoms with Crippen LogP contribution < -0.4 is 0 Å². The van der Waals surface area contributed by atoms with Crippen molar-refractivity contribution in [3.05, 3.63) is 24.3 Å². The van der Waals surface area contributed by atoms with Crippen molar-refractivity contribution in [3.63, 3.8) is 0 Å². The third-order valence-corrected chi connectivity index (χ3v) is 5.67. The summed E-state index contributed by atoms with van der Waals surface area (Å²) in [5.41, 5.74) is 0. The lowest BCUT2D eigenvalue weighted by Crippen LogP contribution is -2.02. The van der Waals surface area contributed by atoms with E-state index in [1.165, 1.54) is 51.4 Å². The Bertz CT molecular complexity index is 485. The number of carbonyl (C=O) groups is 1. The van der Waals surface area contributed by atoms with Gasteiger partial charge in [-0.25, -0.2) is 0 Å². The summed E-state index contributed by atoms with van der Waals surface area (Å²) < 4.78 is 11.3. The molecule has 2 rings (SSSR count). The van der Waals surface area contributed by atoms with Gasteiger partial charge in [0.15, 0.2) is 0 Å². The molecule has 0 spiro atoms. The molecule has 0 aromatic heterocycles. The summed E-state index contributed by atoms with van der Waals surface area (Å²) in [5, 5.41) is 8.65. The summed E-state index contributed by atoms with van der Waals surface area (Å²) in [7, 11) is 0. The van der Waals surface area contributed by atoms with E-state index in [0.717, 1.165) is 25.7 Å². The Morgan fingerprint density at radius 2 is 1.50 bits per heavy atom. The minimum absolute atomic E-state index is 0.243. The predicted molar refractivity (Wildman–Crippen MR) is 114 cm³/mol. The van der Waals surface area contributed by atoms with Gasteiger partial charge in [-0.15, -0.1) is 0 Å². The van der Waals surface area contributed by atoms with Crippen molar-refractivity contribution < 1.29 is 19.4 Å². The van der Waals surface area contributed by atoms with Crippen LogP contribution in [0.3, 0.4) is 0 Å². The van der Waals surface area contributed by atoms with E-state index in [2.05, 4.69) is 31.2 Å². The number of carboxylic acid groups (broad SMARTS) is 1. The summed E-state index contributed by atoms with van der Waals surface area (Å²) >= 11 is 0. The van der Waals surface area contributed by atoms with E-state index in [1.807, 2.05) is 0 Å². The molecule has 0 aromatic rings. The molecule has 2 heterocycles. The molecule has 0 aliphatic carbocycles. The average Bonchev–Trinajstić information content (AvgIpc) is 3.58. The van der Waals surface area contributed by atoms with Gasteiger partial charge in [0, 0.05) is 12.8 Å². The van der Waals surface area contributed by atoms with Gasteiger partial charge in [-0.2, -0.15) is 0 Å². The molecule has 2 aliphatic rings. The number of aliphatic carboxylic acids is 1. The average molecular weight is 393 g/mol. The Hall–Kier alpha value is -1.13. The summed E-state index contributed by atoms with van der Waals surface area (Å²) in [6, 6.07) is 0. The molecule has 0 saturated carbocycles. The highest BCUT2D eigenvalue weighted by atomic mass is 16.6. The number of allylic oxidation sites excluding steroid dienone is 3. The molecule has 28 heavy (non-hydrogen) atoms. The van der Waals surface area contributed by atoms with Crippen molar-refractivity contribution in [2.24, 2.45) is 0 Å². The zero-order valence-corrected chi connectivity index (χ0v) is 17.7. The molecule has 4 nitrogen and oxygen atoms in total. The van der Waals surface area contributed by atoms with Crippen LogP contribution in [0.4, 0.5) is 0 Å². The Morgan fingerprint density at radius 1 is 0.821 bits per heavy atom. The summed E-state index contributed by atoms with van der Waals surface area (Å²) in [4.78, 5) is 10.5.